The fourth-order valence-electron chi connectivity index (χ4n) is 2.03. The summed E-state index contributed by atoms with van der Waals surface area (Å²) < 4.78 is 20.2. The summed E-state index contributed by atoms with van der Waals surface area (Å²) in [6.07, 6.45) is -2.46. The lowest BCUT2D eigenvalue weighted by Crippen LogP contribution is -2.49. The Kier molecular flexibility index (Phi) is 4.14. The van der Waals surface area contributed by atoms with E-state index in [1.54, 1.807) is 0 Å². The lowest BCUT2D eigenvalue weighted by molar-refractivity contribution is -0.120. The second-order valence-corrected chi connectivity index (χ2v) is 5.12. The van der Waals surface area contributed by atoms with Crippen molar-refractivity contribution in [2.75, 3.05) is 13.3 Å². The Morgan fingerprint density at radius 3 is 2.74 bits per heavy atom. The van der Waals surface area contributed by atoms with Crippen molar-refractivity contribution in [2.45, 2.75) is 24.0 Å². The van der Waals surface area contributed by atoms with Crippen LogP contribution in [0.2, 0.25) is 0 Å². The molecule has 0 radical (unpaired) electrons. The first kappa shape index (κ1) is 14.7. The molecule has 0 spiro atoms. The molecule has 0 amide bonds. The Labute approximate surface area is 118 Å². The van der Waals surface area contributed by atoms with Gasteiger partial charge in [-0.1, -0.05) is 12.2 Å². The number of aromatic nitrogens is 2. The number of nitrogens with one attached hydrogen (secondary N) is 1. The summed E-state index contributed by atoms with van der Waals surface area (Å²) in [5.74, 6) is 0. The van der Waals surface area contributed by atoms with Gasteiger partial charge in [-0.15, -0.1) is 0 Å². The number of halogens is 1. The van der Waals surface area contributed by atoms with E-state index >= 15 is 0 Å². The molecular formula is C10H13FN2O4S2. The number of ether oxygens (including phenoxy) is 1. The second-order valence-electron chi connectivity index (χ2n) is 4.30. The molecule has 106 valence electrons. The van der Waals surface area contributed by atoms with E-state index in [-0.39, 0.29) is 4.77 Å². The van der Waals surface area contributed by atoms with E-state index in [4.69, 9.17) is 34.3 Å². The maximum atomic E-state index is 13.1. The monoisotopic (exact) mass is 308 g/mol. The minimum atomic E-state index is -2.18. The van der Waals surface area contributed by atoms with Crippen LogP contribution in [0.15, 0.2) is 12.3 Å². The Balaban J connectivity index is 2.48. The van der Waals surface area contributed by atoms with Crippen LogP contribution in [0.1, 0.15) is 6.23 Å². The van der Waals surface area contributed by atoms with Crippen LogP contribution in [0.5, 0.6) is 0 Å². The molecule has 1 unspecified atom stereocenters. The van der Waals surface area contributed by atoms with Crippen LogP contribution < -0.4 is 0 Å². The summed E-state index contributed by atoms with van der Waals surface area (Å²) in [4.78, 5) is 2.66. The Bertz CT molecular complexity index is 577. The van der Waals surface area contributed by atoms with Crippen LogP contribution in [-0.2, 0) is 4.74 Å². The molecule has 2 heterocycles. The quantitative estimate of drug-likeness (QED) is 0.598. The number of hydrogen-bond acceptors (Lipinski definition) is 6. The number of aliphatic hydroxyl groups excluding tert-OH is 2. The highest BCUT2D eigenvalue weighted by Gasteiger charge is 2.56. The van der Waals surface area contributed by atoms with Crippen molar-refractivity contribution in [1.29, 1.82) is 0 Å². The van der Waals surface area contributed by atoms with Crippen LogP contribution in [0, 0.1) is 9.41 Å². The summed E-state index contributed by atoms with van der Waals surface area (Å²) in [5, 5.41) is 29.1. The molecule has 19 heavy (non-hydrogen) atoms. The van der Waals surface area contributed by atoms with Crippen LogP contribution in [0.4, 0.5) is 4.39 Å². The van der Waals surface area contributed by atoms with E-state index < -0.39 is 37.3 Å². The van der Waals surface area contributed by atoms with E-state index in [9.17, 15) is 14.6 Å². The first-order valence-corrected chi connectivity index (χ1v) is 6.30. The molecule has 0 saturated carbocycles. The lowest BCUT2D eigenvalue weighted by Gasteiger charge is -2.29. The minimum Gasteiger partial charge on any atom is -0.394 e. The number of nitrogens with zero attached hydrogens (tertiary/aromatic N) is 1. The van der Waals surface area contributed by atoms with Gasteiger partial charge in [0.05, 0.1) is 6.61 Å². The van der Waals surface area contributed by atoms with Gasteiger partial charge in [0, 0.05) is 6.20 Å². The fraction of sp³-hybridized carbons (Fsp3) is 0.600. The van der Waals surface area contributed by atoms with Gasteiger partial charge in [-0.2, -0.15) is 0 Å². The van der Waals surface area contributed by atoms with Crippen molar-refractivity contribution in [1.82, 2.24) is 9.55 Å². The molecule has 1 fully saturated rings. The van der Waals surface area contributed by atoms with Gasteiger partial charge >= 0.3 is 0 Å². The number of aliphatic hydroxyl groups is 3. The second kappa shape index (κ2) is 5.35. The largest absolute Gasteiger partial charge is 0.394 e. The first-order chi connectivity index (χ1) is 8.93. The predicted molar refractivity (Wildman–Crippen MR) is 68.4 cm³/mol. The Morgan fingerprint density at radius 1 is 1.53 bits per heavy atom. The summed E-state index contributed by atoms with van der Waals surface area (Å²) >= 11 is 9.91. The summed E-state index contributed by atoms with van der Waals surface area (Å²) in [7, 11) is 0. The third-order valence-electron chi connectivity index (χ3n) is 3.09. The van der Waals surface area contributed by atoms with Crippen molar-refractivity contribution in [3.63, 3.8) is 0 Å². The molecule has 6 nitrogen and oxygen atoms in total. The standard InChI is InChI=1S/C10H13FN2O4S2/c11-4-10(16)7(15)5(3-14)17-8(10)13-2-1-6(18)12-9(13)19/h1-2,5,7-8,14-16H,3-4H2,(H,12,18,19)/t5-,7?,8-,10-/m1/s1. The fourth-order valence-corrected chi connectivity index (χ4v) is 2.52. The Morgan fingerprint density at radius 2 is 2.21 bits per heavy atom. The third kappa shape index (κ3) is 2.37. The van der Waals surface area contributed by atoms with Crippen molar-refractivity contribution in [2.24, 2.45) is 0 Å². The zero-order chi connectivity index (χ0) is 14.2. The van der Waals surface area contributed by atoms with E-state index in [0.717, 1.165) is 0 Å². The topological polar surface area (TPSA) is 90.6 Å². The highest BCUT2D eigenvalue weighted by Crippen LogP contribution is 2.38. The van der Waals surface area contributed by atoms with Gasteiger partial charge < -0.3 is 25.0 Å². The van der Waals surface area contributed by atoms with E-state index in [1.165, 1.54) is 16.8 Å². The normalized spacial score (nSPS) is 34.6. The molecule has 0 bridgehead atoms. The smallest absolute Gasteiger partial charge is 0.180 e. The highest BCUT2D eigenvalue weighted by atomic mass is 32.1. The van der Waals surface area contributed by atoms with E-state index in [1.807, 2.05) is 0 Å². The van der Waals surface area contributed by atoms with Gasteiger partial charge in [0.25, 0.3) is 0 Å². The Hall–Kier alpha value is -0.710. The number of alkyl halides is 1. The number of rotatable bonds is 3. The average Bonchev–Trinajstić information content (AvgIpc) is 2.63. The zero-order valence-electron chi connectivity index (χ0n) is 9.69. The molecule has 9 heteroatoms. The summed E-state index contributed by atoms with van der Waals surface area (Å²) in [6.45, 7) is -1.79. The number of hydrogen-bond donors (Lipinski definition) is 4. The van der Waals surface area contributed by atoms with Crippen LogP contribution in [-0.4, -0.2) is 56.0 Å². The highest BCUT2D eigenvalue weighted by molar-refractivity contribution is 7.72. The van der Waals surface area contributed by atoms with E-state index in [2.05, 4.69) is 4.98 Å². The maximum Gasteiger partial charge on any atom is 0.180 e. The molecule has 1 aliphatic rings. The minimum absolute atomic E-state index is 0.121. The molecule has 1 aromatic heterocycles. The lowest BCUT2D eigenvalue weighted by atomic mass is 9.95. The first-order valence-electron chi connectivity index (χ1n) is 5.48. The SMILES string of the molecule is OC[C@H]1O[C@@H](n2ccc(=S)[nH]c2=S)[C@@](O)(CF)C1O. The molecule has 0 aromatic carbocycles. The molecule has 1 saturated heterocycles. The maximum absolute atomic E-state index is 13.1. The van der Waals surface area contributed by atoms with Gasteiger partial charge in [0.2, 0.25) is 0 Å². The van der Waals surface area contributed by atoms with Gasteiger partial charge in [-0.3, -0.25) is 4.57 Å². The van der Waals surface area contributed by atoms with Gasteiger partial charge in [0.15, 0.2) is 16.6 Å². The van der Waals surface area contributed by atoms with Crippen LogP contribution in [0.3, 0.4) is 0 Å². The van der Waals surface area contributed by atoms with Gasteiger partial charge in [-0.05, 0) is 18.3 Å². The molecule has 1 aromatic rings. The van der Waals surface area contributed by atoms with Crippen molar-refractivity contribution in [3.8, 4) is 0 Å². The van der Waals surface area contributed by atoms with Crippen LogP contribution >= 0.6 is 24.4 Å². The summed E-state index contributed by atoms with van der Waals surface area (Å²) in [5.41, 5.74) is -2.18. The molecule has 4 N–H and O–H groups in total. The van der Waals surface area contributed by atoms with Crippen molar-refractivity contribution < 1.29 is 24.4 Å². The molecular weight excluding hydrogens is 295 g/mol. The van der Waals surface area contributed by atoms with Crippen molar-refractivity contribution in [3.05, 3.63) is 21.7 Å². The van der Waals surface area contributed by atoms with E-state index in [0.29, 0.717) is 4.64 Å². The number of aromatic amines is 1. The molecule has 4 atom stereocenters. The van der Waals surface area contributed by atoms with Crippen LogP contribution in [0.25, 0.3) is 0 Å². The van der Waals surface area contributed by atoms with Gasteiger partial charge in [0.1, 0.15) is 23.5 Å². The van der Waals surface area contributed by atoms with Crippen molar-refractivity contribution >= 4 is 24.4 Å². The third-order valence-corrected chi connectivity index (χ3v) is 3.64. The summed E-state index contributed by atoms with van der Waals surface area (Å²) in [6, 6.07) is 1.49. The predicted octanol–water partition coefficient (Wildman–Crippen LogP) is 0.226. The molecule has 0 aliphatic carbocycles. The zero-order valence-corrected chi connectivity index (χ0v) is 11.3. The van der Waals surface area contributed by atoms with Gasteiger partial charge in [-0.25, -0.2) is 4.39 Å². The molecule has 2 rings (SSSR count). The average molecular weight is 308 g/mol. The molecule has 1 aliphatic heterocycles. The number of H-pyrrole nitrogens is 1.